The van der Waals surface area contributed by atoms with E-state index >= 15 is 0 Å². The molecule has 0 fully saturated rings. The molecule has 0 unspecified atom stereocenters. The maximum absolute atomic E-state index is 11.7. The Morgan fingerprint density at radius 1 is 1.29 bits per heavy atom. The number of amides is 1. The monoisotopic (exact) mass is 248 g/mol. The first-order chi connectivity index (χ1) is 8.27. The Morgan fingerprint density at radius 2 is 2.12 bits per heavy atom. The highest BCUT2D eigenvalue weighted by Crippen LogP contribution is 2.14. The minimum Gasteiger partial charge on any atom is -0.463 e. The molecule has 0 saturated carbocycles. The third-order valence-corrected chi connectivity index (χ3v) is 2.35. The van der Waals surface area contributed by atoms with Gasteiger partial charge in [-0.05, 0) is 24.3 Å². The smallest absolute Gasteiger partial charge is 0.272 e. The molecule has 1 heterocycles. The van der Waals surface area contributed by atoms with Crippen molar-refractivity contribution in [2.24, 2.45) is 5.10 Å². The topological polar surface area (TPSA) is 54.6 Å². The summed E-state index contributed by atoms with van der Waals surface area (Å²) in [6.07, 6.45) is 2.94. The van der Waals surface area contributed by atoms with E-state index in [1.807, 2.05) is 0 Å². The lowest BCUT2D eigenvalue weighted by molar-refractivity contribution is 0.0955. The van der Waals surface area contributed by atoms with Gasteiger partial charge in [-0.25, -0.2) is 5.43 Å². The van der Waals surface area contributed by atoms with Crippen LogP contribution >= 0.6 is 11.6 Å². The van der Waals surface area contributed by atoms with Crippen molar-refractivity contribution in [3.05, 3.63) is 59.0 Å². The van der Waals surface area contributed by atoms with Gasteiger partial charge in [-0.2, -0.15) is 5.10 Å². The summed E-state index contributed by atoms with van der Waals surface area (Å²) >= 11 is 5.87. The molecular formula is C12H9ClN2O2. The number of hydrazone groups is 1. The number of rotatable bonds is 3. The Kier molecular flexibility index (Phi) is 3.57. The third-order valence-electron chi connectivity index (χ3n) is 2.02. The zero-order chi connectivity index (χ0) is 12.1. The van der Waals surface area contributed by atoms with Gasteiger partial charge >= 0.3 is 0 Å². The largest absolute Gasteiger partial charge is 0.463 e. The van der Waals surface area contributed by atoms with Crippen molar-refractivity contribution in [3.8, 4) is 0 Å². The van der Waals surface area contributed by atoms with Crippen molar-refractivity contribution in [2.75, 3.05) is 0 Å². The van der Waals surface area contributed by atoms with Crippen LogP contribution in [0.15, 0.2) is 52.2 Å². The fourth-order valence-corrected chi connectivity index (χ4v) is 1.45. The van der Waals surface area contributed by atoms with Crippen LogP contribution in [0.25, 0.3) is 0 Å². The van der Waals surface area contributed by atoms with Crippen LogP contribution in [0.3, 0.4) is 0 Å². The predicted molar refractivity (Wildman–Crippen MR) is 65.2 cm³/mol. The molecule has 86 valence electrons. The normalized spacial score (nSPS) is 10.6. The van der Waals surface area contributed by atoms with Gasteiger partial charge in [0, 0.05) is 0 Å². The minimum atomic E-state index is -0.363. The number of nitrogens with one attached hydrogen (secondary N) is 1. The fraction of sp³-hybridized carbons (Fsp3) is 0. The summed E-state index contributed by atoms with van der Waals surface area (Å²) in [7, 11) is 0. The van der Waals surface area contributed by atoms with Crippen LogP contribution in [-0.2, 0) is 0 Å². The number of carbonyl (C=O) groups excluding carboxylic acids is 1. The van der Waals surface area contributed by atoms with Crippen LogP contribution in [0.1, 0.15) is 16.1 Å². The second kappa shape index (κ2) is 5.32. The van der Waals surface area contributed by atoms with Crippen molar-refractivity contribution in [1.29, 1.82) is 0 Å². The van der Waals surface area contributed by atoms with Crippen molar-refractivity contribution < 1.29 is 9.21 Å². The Labute approximate surface area is 103 Å². The van der Waals surface area contributed by atoms with E-state index in [-0.39, 0.29) is 5.91 Å². The van der Waals surface area contributed by atoms with Crippen LogP contribution in [0, 0.1) is 0 Å². The van der Waals surface area contributed by atoms with Crippen molar-refractivity contribution in [2.45, 2.75) is 0 Å². The van der Waals surface area contributed by atoms with Gasteiger partial charge in [0.15, 0.2) is 0 Å². The number of hydrogen-bond donors (Lipinski definition) is 1. The summed E-state index contributed by atoms with van der Waals surface area (Å²) in [6, 6.07) is 10.2. The average molecular weight is 249 g/mol. The molecule has 0 bridgehead atoms. The predicted octanol–water partition coefficient (Wildman–Crippen LogP) is 2.70. The number of nitrogens with zero attached hydrogens (tertiary/aromatic N) is 1. The quantitative estimate of drug-likeness (QED) is 0.671. The van der Waals surface area contributed by atoms with Gasteiger partial charge < -0.3 is 4.42 Å². The lowest BCUT2D eigenvalue weighted by atomic mass is 10.2. The Balaban J connectivity index is 2.01. The molecule has 1 aromatic carbocycles. The highest BCUT2D eigenvalue weighted by atomic mass is 35.5. The lowest BCUT2D eigenvalue weighted by Crippen LogP contribution is -2.17. The zero-order valence-electron chi connectivity index (χ0n) is 8.76. The fourth-order valence-electron chi connectivity index (χ4n) is 1.22. The first-order valence-corrected chi connectivity index (χ1v) is 5.26. The molecule has 1 aromatic heterocycles. The van der Waals surface area contributed by atoms with Crippen molar-refractivity contribution in [3.63, 3.8) is 0 Å². The van der Waals surface area contributed by atoms with E-state index in [1.54, 1.807) is 36.4 Å². The number of furan rings is 1. The van der Waals surface area contributed by atoms with Gasteiger partial charge in [0.2, 0.25) is 0 Å². The Morgan fingerprint density at radius 3 is 2.82 bits per heavy atom. The summed E-state index contributed by atoms with van der Waals surface area (Å²) in [5.74, 6) is 0.197. The van der Waals surface area contributed by atoms with E-state index in [9.17, 15) is 4.79 Å². The second-order valence-corrected chi connectivity index (χ2v) is 3.60. The average Bonchev–Trinajstić information content (AvgIpc) is 2.82. The molecule has 2 aromatic rings. The lowest BCUT2D eigenvalue weighted by Gasteiger charge is -2.00. The van der Waals surface area contributed by atoms with E-state index in [0.717, 1.165) is 0 Å². The van der Waals surface area contributed by atoms with E-state index in [4.69, 9.17) is 16.0 Å². The van der Waals surface area contributed by atoms with E-state index in [0.29, 0.717) is 16.3 Å². The van der Waals surface area contributed by atoms with Crippen LogP contribution in [0.2, 0.25) is 5.02 Å². The summed E-state index contributed by atoms with van der Waals surface area (Å²) in [5.41, 5.74) is 2.74. The summed E-state index contributed by atoms with van der Waals surface area (Å²) in [4.78, 5) is 11.7. The number of benzene rings is 1. The maximum atomic E-state index is 11.7. The third kappa shape index (κ3) is 2.95. The molecule has 0 aliphatic carbocycles. The van der Waals surface area contributed by atoms with Crippen LogP contribution in [0.5, 0.6) is 0 Å². The van der Waals surface area contributed by atoms with Crippen LogP contribution < -0.4 is 5.43 Å². The van der Waals surface area contributed by atoms with E-state index in [1.165, 1.54) is 12.5 Å². The van der Waals surface area contributed by atoms with Crippen molar-refractivity contribution >= 4 is 23.7 Å². The van der Waals surface area contributed by atoms with Gasteiger partial charge in [-0.1, -0.05) is 23.7 Å². The Bertz CT molecular complexity index is 535. The van der Waals surface area contributed by atoms with Crippen molar-refractivity contribution in [1.82, 2.24) is 5.43 Å². The maximum Gasteiger partial charge on any atom is 0.272 e. The molecule has 0 radical (unpaired) electrons. The van der Waals surface area contributed by atoms with E-state index < -0.39 is 0 Å². The van der Waals surface area contributed by atoms with Gasteiger partial charge in [-0.3, -0.25) is 4.79 Å². The molecule has 1 amide bonds. The number of carbonyl (C=O) groups is 1. The molecular weight excluding hydrogens is 240 g/mol. The molecule has 0 spiro atoms. The highest BCUT2D eigenvalue weighted by molar-refractivity contribution is 6.33. The van der Waals surface area contributed by atoms with Crippen LogP contribution in [-0.4, -0.2) is 12.1 Å². The molecule has 5 heteroatoms. The highest BCUT2D eigenvalue weighted by Gasteiger charge is 2.07. The molecule has 1 N–H and O–H groups in total. The van der Waals surface area contributed by atoms with Gasteiger partial charge in [0.05, 0.1) is 23.1 Å². The zero-order valence-corrected chi connectivity index (χ0v) is 9.52. The van der Waals surface area contributed by atoms with Gasteiger partial charge in [-0.15, -0.1) is 0 Å². The number of halogens is 1. The molecule has 0 atom stereocenters. The molecule has 0 aliphatic rings. The SMILES string of the molecule is O=C(N/N=C\c1ccco1)c1ccccc1Cl. The molecule has 0 saturated heterocycles. The van der Waals surface area contributed by atoms with Gasteiger partial charge in [0.25, 0.3) is 5.91 Å². The molecule has 4 nitrogen and oxygen atoms in total. The Hall–Kier alpha value is -2.07. The minimum absolute atomic E-state index is 0.363. The summed E-state index contributed by atoms with van der Waals surface area (Å²) < 4.78 is 5.02. The summed E-state index contributed by atoms with van der Waals surface area (Å²) in [5, 5.41) is 4.14. The summed E-state index contributed by atoms with van der Waals surface area (Å²) in [6.45, 7) is 0. The first-order valence-electron chi connectivity index (χ1n) is 4.89. The first kappa shape index (κ1) is 11.4. The van der Waals surface area contributed by atoms with Gasteiger partial charge in [0.1, 0.15) is 5.76 Å². The van der Waals surface area contributed by atoms with Crippen LogP contribution in [0.4, 0.5) is 0 Å². The standard InChI is InChI=1S/C12H9ClN2O2/c13-11-6-2-1-5-10(11)12(16)15-14-8-9-4-3-7-17-9/h1-8H,(H,15,16)/b14-8-. The van der Waals surface area contributed by atoms with E-state index in [2.05, 4.69) is 10.5 Å². The second-order valence-electron chi connectivity index (χ2n) is 3.19. The molecule has 17 heavy (non-hydrogen) atoms. The molecule has 2 rings (SSSR count). The number of hydrogen-bond acceptors (Lipinski definition) is 3. The molecule has 0 aliphatic heterocycles.